The van der Waals surface area contributed by atoms with Crippen LogP contribution in [0.2, 0.25) is 0 Å². The maximum Gasteiger partial charge on any atom is 0.267 e. The summed E-state index contributed by atoms with van der Waals surface area (Å²) < 4.78 is 11.4. The summed E-state index contributed by atoms with van der Waals surface area (Å²) in [5, 5.41) is 7.52. The van der Waals surface area contributed by atoms with Crippen molar-refractivity contribution in [3.8, 4) is 5.75 Å². The lowest BCUT2D eigenvalue weighted by molar-refractivity contribution is 0.173. The predicted octanol–water partition coefficient (Wildman–Crippen LogP) is 2.91. The van der Waals surface area contributed by atoms with Gasteiger partial charge >= 0.3 is 0 Å². The highest BCUT2D eigenvalue weighted by molar-refractivity contribution is 5.30. The molecule has 2 heterocycles. The first-order chi connectivity index (χ1) is 11.5. The van der Waals surface area contributed by atoms with E-state index in [1.54, 1.807) is 0 Å². The molecule has 2 atom stereocenters. The highest BCUT2D eigenvalue weighted by Gasteiger charge is 2.26. The number of nitrogens with one attached hydrogen (secondary N) is 1. The Kier molecular flexibility index (Phi) is 5.16. The van der Waals surface area contributed by atoms with E-state index in [0.717, 1.165) is 25.4 Å². The molecule has 1 aliphatic rings. The van der Waals surface area contributed by atoms with Crippen LogP contribution in [0.4, 0.5) is 0 Å². The minimum absolute atomic E-state index is 0.146. The summed E-state index contributed by atoms with van der Waals surface area (Å²) in [6.07, 6.45) is -0.282. The Morgan fingerprint density at radius 1 is 1.33 bits per heavy atom. The van der Waals surface area contributed by atoms with Crippen molar-refractivity contribution in [3.05, 3.63) is 41.5 Å². The number of aromatic nitrogens is 2. The van der Waals surface area contributed by atoms with Gasteiger partial charge in [-0.05, 0) is 37.6 Å². The Hall–Kier alpha value is -1.92. The van der Waals surface area contributed by atoms with Crippen LogP contribution in [0.1, 0.15) is 56.1 Å². The van der Waals surface area contributed by atoms with Gasteiger partial charge in [-0.15, -0.1) is 0 Å². The van der Waals surface area contributed by atoms with Crippen LogP contribution in [0.25, 0.3) is 0 Å². The van der Waals surface area contributed by atoms with Crippen LogP contribution < -0.4 is 10.1 Å². The monoisotopic (exact) mass is 330 g/mol. The molecular formula is C18H26N4O2. The summed E-state index contributed by atoms with van der Waals surface area (Å²) in [4.78, 5) is 6.79. The van der Waals surface area contributed by atoms with Crippen LogP contribution in [0.5, 0.6) is 5.75 Å². The molecular weight excluding hydrogens is 304 g/mol. The largest absolute Gasteiger partial charge is 0.481 e. The SMILES string of the molecule is CC(C)c1cccc(OC(C)c2nc(C3CNCCN3C)no2)c1. The van der Waals surface area contributed by atoms with Gasteiger partial charge in [0.1, 0.15) is 5.75 Å². The van der Waals surface area contributed by atoms with E-state index in [0.29, 0.717) is 17.6 Å². The second-order valence-electron chi connectivity index (χ2n) is 6.68. The summed E-state index contributed by atoms with van der Waals surface area (Å²) in [6.45, 7) is 9.07. The Labute approximate surface area is 143 Å². The van der Waals surface area contributed by atoms with Crippen molar-refractivity contribution in [3.63, 3.8) is 0 Å². The number of ether oxygens (including phenoxy) is 1. The summed E-state index contributed by atoms with van der Waals surface area (Å²) in [7, 11) is 2.08. The van der Waals surface area contributed by atoms with Gasteiger partial charge in [0.05, 0.1) is 6.04 Å². The molecule has 0 spiro atoms. The first kappa shape index (κ1) is 16.9. The normalized spacial score (nSPS) is 20.3. The molecule has 6 nitrogen and oxygen atoms in total. The molecule has 3 rings (SSSR count). The van der Waals surface area contributed by atoms with Gasteiger partial charge in [-0.25, -0.2) is 0 Å². The van der Waals surface area contributed by atoms with Crippen molar-refractivity contribution < 1.29 is 9.26 Å². The summed E-state index contributed by atoms with van der Waals surface area (Å²) in [6, 6.07) is 8.29. The van der Waals surface area contributed by atoms with E-state index in [9.17, 15) is 0 Å². The quantitative estimate of drug-likeness (QED) is 0.909. The lowest BCUT2D eigenvalue weighted by Gasteiger charge is -2.30. The summed E-state index contributed by atoms with van der Waals surface area (Å²) in [5.74, 6) is 2.52. The molecule has 2 aromatic rings. The zero-order valence-corrected chi connectivity index (χ0v) is 14.8. The van der Waals surface area contributed by atoms with Gasteiger partial charge in [-0.1, -0.05) is 31.1 Å². The number of hydrogen-bond acceptors (Lipinski definition) is 6. The van der Waals surface area contributed by atoms with E-state index >= 15 is 0 Å². The van der Waals surface area contributed by atoms with Crippen molar-refractivity contribution in [1.82, 2.24) is 20.4 Å². The number of nitrogens with zero attached hydrogens (tertiary/aromatic N) is 3. The Bertz CT molecular complexity index is 671. The smallest absolute Gasteiger partial charge is 0.267 e. The fourth-order valence-corrected chi connectivity index (χ4v) is 2.84. The molecule has 1 fully saturated rings. The van der Waals surface area contributed by atoms with Crippen LogP contribution in [0.3, 0.4) is 0 Å². The van der Waals surface area contributed by atoms with Gasteiger partial charge in [0, 0.05) is 19.6 Å². The number of rotatable bonds is 5. The van der Waals surface area contributed by atoms with Crippen molar-refractivity contribution in [2.75, 3.05) is 26.7 Å². The fourth-order valence-electron chi connectivity index (χ4n) is 2.84. The minimum Gasteiger partial charge on any atom is -0.481 e. The zero-order chi connectivity index (χ0) is 17.1. The van der Waals surface area contributed by atoms with E-state index in [2.05, 4.69) is 53.4 Å². The van der Waals surface area contributed by atoms with Crippen LogP contribution in [-0.4, -0.2) is 41.7 Å². The number of benzene rings is 1. The van der Waals surface area contributed by atoms with Gasteiger partial charge in [0.15, 0.2) is 11.9 Å². The minimum atomic E-state index is -0.282. The van der Waals surface area contributed by atoms with E-state index in [4.69, 9.17) is 9.26 Å². The van der Waals surface area contributed by atoms with Crippen LogP contribution in [0.15, 0.2) is 28.8 Å². The van der Waals surface area contributed by atoms with E-state index in [1.165, 1.54) is 5.56 Å². The van der Waals surface area contributed by atoms with Crippen molar-refractivity contribution in [2.45, 2.75) is 38.8 Å². The van der Waals surface area contributed by atoms with E-state index in [1.807, 2.05) is 19.1 Å². The van der Waals surface area contributed by atoms with Gasteiger partial charge in [0.25, 0.3) is 5.89 Å². The van der Waals surface area contributed by atoms with Crippen LogP contribution in [-0.2, 0) is 0 Å². The Morgan fingerprint density at radius 3 is 2.92 bits per heavy atom. The average molecular weight is 330 g/mol. The predicted molar refractivity (Wildman–Crippen MR) is 92.1 cm³/mol. The fraction of sp³-hybridized carbons (Fsp3) is 0.556. The average Bonchev–Trinajstić information content (AvgIpc) is 3.05. The second kappa shape index (κ2) is 7.32. The third kappa shape index (κ3) is 3.76. The van der Waals surface area contributed by atoms with Gasteiger partial charge in [-0.2, -0.15) is 4.98 Å². The molecule has 0 radical (unpaired) electrons. The lowest BCUT2D eigenvalue weighted by atomic mass is 10.0. The number of hydrogen-bond donors (Lipinski definition) is 1. The molecule has 1 aliphatic heterocycles. The molecule has 1 aromatic heterocycles. The maximum absolute atomic E-state index is 5.99. The molecule has 130 valence electrons. The number of likely N-dealkylation sites (N-methyl/N-ethyl adjacent to an activating group) is 1. The van der Waals surface area contributed by atoms with Crippen LogP contribution >= 0.6 is 0 Å². The third-order valence-corrected chi connectivity index (χ3v) is 4.45. The van der Waals surface area contributed by atoms with Crippen LogP contribution in [0, 0.1) is 0 Å². The van der Waals surface area contributed by atoms with Gasteiger partial charge in [-0.3, -0.25) is 4.90 Å². The number of piperazine rings is 1. The highest BCUT2D eigenvalue weighted by atomic mass is 16.5. The van der Waals surface area contributed by atoms with Gasteiger partial charge < -0.3 is 14.6 Å². The standard InChI is InChI=1S/C18H26N4O2/c1-12(2)14-6-5-7-15(10-14)23-13(3)18-20-17(21-24-18)16-11-19-8-9-22(16)4/h5-7,10,12-13,16,19H,8-9,11H2,1-4H3. The summed E-state index contributed by atoms with van der Waals surface area (Å²) in [5.41, 5.74) is 1.25. The van der Waals surface area contributed by atoms with Crippen molar-refractivity contribution >= 4 is 0 Å². The Morgan fingerprint density at radius 2 is 2.17 bits per heavy atom. The molecule has 0 saturated carbocycles. The molecule has 1 N–H and O–H groups in total. The third-order valence-electron chi connectivity index (χ3n) is 4.45. The first-order valence-electron chi connectivity index (χ1n) is 8.55. The molecule has 24 heavy (non-hydrogen) atoms. The zero-order valence-electron chi connectivity index (χ0n) is 14.8. The van der Waals surface area contributed by atoms with Crippen molar-refractivity contribution in [1.29, 1.82) is 0 Å². The first-order valence-corrected chi connectivity index (χ1v) is 8.55. The van der Waals surface area contributed by atoms with E-state index < -0.39 is 0 Å². The molecule has 0 bridgehead atoms. The second-order valence-corrected chi connectivity index (χ2v) is 6.68. The molecule has 0 aliphatic carbocycles. The molecule has 1 saturated heterocycles. The maximum atomic E-state index is 5.99. The van der Waals surface area contributed by atoms with Gasteiger partial charge in [0.2, 0.25) is 0 Å². The molecule has 6 heteroatoms. The Balaban J connectivity index is 1.69. The molecule has 1 aromatic carbocycles. The lowest BCUT2D eigenvalue weighted by Crippen LogP contribution is -2.44. The molecule has 0 amide bonds. The van der Waals surface area contributed by atoms with E-state index in [-0.39, 0.29) is 12.1 Å². The molecule has 2 unspecified atom stereocenters. The topological polar surface area (TPSA) is 63.4 Å². The summed E-state index contributed by atoms with van der Waals surface area (Å²) >= 11 is 0. The highest BCUT2D eigenvalue weighted by Crippen LogP contribution is 2.26. The van der Waals surface area contributed by atoms with Crippen molar-refractivity contribution in [2.24, 2.45) is 0 Å².